The number of carbonyl (C=O) groups is 3. The zero-order valence-corrected chi connectivity index (χ0v) is 21.3. The van der Waals surface area contributed by atoms with E-state index >= 15 is 0 Å². The Balaban J connectivity index is 1.32. The minimum absolute atomic E-state index is 0.0239. The Morgan fingerprint density at radius 1 is 0.725 bits per heavy atom. The summed E-state index contributed by atoms with van der Waals surface area (Å²) in [5, 5.41) is 0. The maximum atomic E-state index is 12.7. The summed E-state index contributed by atoms with van der Waals surface area (Å²) in [6, 6.07) is 14.4. The van der Waals surface area contributed by atoms with Crippen molar-refractivity contribution in [2.24, 2.45) is 0 Å². The first-order chi connectivity index (χ1) is 19.0. The van der Waals surface area contributed by atoms with E-state index in [1.54, 1.807) is 18.2 Å². The number of ether oxygens (including phenoxy) is 3. The zero-order chi connectivity index (χ0) is 29.1. The van der Waals surface area contributed by atoms with Crippen LogP contribution < -0.4 is 16.2 Å². The molecule has 40 heavy (non-hydrogen) atoms. The summed E-state index contributed by atoms with van der Waals surface area (Å²) in [6.07, 6.45) is 0.130. The summed E-state index contributed by atoms with van der Waals surface area (Å²) in [4.78, 5) is 36.1. The fourth-order valence-electron chi connectivity index (χ4n) is 3.42. The van der Waals surface area contributed by atoms with Crippen molar-refractivity contribution in [1.29, 1.82) is 0 Å². The van der Waals surface area contributed by atoms with Crippen LogP contribution in [0.15, 0.2) is 72.8 Å². The van der Waals surface area contributed by atoms with Gasteiger partial charge in [-0.15, -0.1) is 0 Å². The third-order valence-corrected chi connectivity index (χ3v) is 5.43. The molecular formula is C29H27F3N2O6. The number of alkyl halides is 3. The molecule has 0 radical (unpaired) electrons. The van der Waals surface area contributed by atoms with Gasteiger partial charge < -0.3 is 25.7 Å². The van der Waals surface area contributed by atoms with E-state index < -0.39 is 29.6 Å². The molecule has 0 amide bonds. The van der Waals surface area contributed by atoms with Crippen molar-refractivity contribution in [2.45, 2.75) is 25.4 Å². The van der Waals surface area contributed by atoms with Gasteiger partial charge >= 0.3 is 24.1 Å². The van der Waals surface area contributed by atoms with Crippen molar-refractivity contribution in [3.63, 3.8) is 0 Å². The van der Waals surface area contributed by atoms with E-state index in [-0.39, 0.29) is 30.1 Å². The van der Waals surface area contributed by atoms with Gasteiger partial charge in [0.15, 0.2) is 0 Å². The van der Waals surface area contributed by atoms with Crippen molar-refractivity contribution in [1.82, 2.24) is 0 Å². The Morgan fingerprint density at radius 2 is 1.32 bits per heavy atom. The number of unbranched alkanes of at least 4 members (excludes halogenated alkanes) is 2. The lowest BCUT2D eigenvalue weighted by Gasteiger charge is -2.08. The molecule has 0 fully saturated rings. The molecule has 0 aliphatic carbocycles. The third-order valence-electron chi connectivity index (χ3n) is 5.43. The fourth-order valence-corrected chi connectivity index (χ4v) is 3.42. The second-order valence-corrected chi connectivity index (χ2v) is 8.62. The van der Waals surface area contributed by atoms with Crippen molar-refractivity contribution in [2.75, 3.05) is 24.7 Å². The summed E-state index contributed by atoms with van der Waals surface area (Å²) in [7, 11) is 0. The van der Waals surface area contributed by atoms with Crippen LogP contribution in [0.25, 0.3) is 6.08 Å². The summed E-state index contributed by atoms with van der Waals surface area (Å²) >= 11 is 0. The average molecular weight is 557 g/mol. The first-order valence-corrected chi connectivity index (χ1v) is 12.2. The molecule has 0 heterocycles. The number of benzene rings is 3. The Morgan fingerprint density at radius 3 is 1.93 bits per heavy atom. The molecular weight excluding hydrogens is 529 g/mol. The number of nitrogens with two attached hydrogens (primary N) is 2. The number of anilines is 2. The van der Waals surface area contributed by atoms with Gasteiger partial charge in [-0.25, -0.2) is 14.4 Å². The molecule has 0 spiro atoms. The van der Waals surface area contributed by atoms with Crippen molar-refractivity contribution in [3.05, 3.63) is 95.1 Å². The van der Waals surface area contributed by atoms with Crippen LogP contribution in [0.3, 0.4) is 0 Å². The predicted octanol–water partition coefficient (Wildman–Crippen LogP) is 5.67. The maximum Gasteiger partial charge on any atom is 0.416 e. The van der Waals surface area contributed by atoms with Gasteiger partial charge in [0.2, 0.25) is 0 Å². The lowest BCUT2D eigenvalue weighted by Crippen LogP contribution is -2.10. The van der Waals surface area contributed by atoms with Crippen molar-refractivity contribution >= 4 is 35.4 Å². The predicted molar refractivity (Wildman–Crippen MR) is 142 cm³/mol. The van der Waals surface area contributed by atoms with Gasteiger partial charge in [0.05, 0.1) is 29.9 Å². The second-order valence-electron chi connectivity index (χ2n) is 8.62. The standard InChI is InChI=1S/C29H27F3N2O6/c30-29(31,32)22-9-7-20(8-10-22)28(37)40-25-11-4-19(5-12-25)6-13-26(35)38-14-2-1-3-15-39-27(36)21-16-23(33)18-24(34)17-21/h4-13,16-18H,1-3,14-15,33-34H2. The number of rotatable bonds is 11. The Hall–Kier alpha value is -4.80. The highest BCUT2D eigenvalue weighted by Gasteiger charge is 2.30. The molecule has 0 saturated heterocycles. The van der Waals surface area contributed by atoms with E-state index in [0.29, 0.717) is 36.2 Å². The Labute approximate surface area is 228 Å². The number of halogens is 3. The maximum absolute atomic E-state index is 12.7. The lowest BCUT2D eigenvalue weighted by atomic mass is 10.1. The molecule has 4 N–H and O–H groups in total. The minimum Gasteiger partial charge on any atom is -0.463 e. The monoisotopic (exact) mass is 556 g/mol. The van der Waals surface area contributed by atoms with Crippen LogP contribution in [0, 0.1) is 0 Å². The molecule has 11 heteroatoms. The average Bonchev–Trinajstić information content (AvgIpc) is 2.91. The molecule has 0 saturated carbocycles. The molecule has 3 aromatic rings. The van der Waals surface area contributed by atoms with E-state index in [9.17, 15) is 27.6 Å². The normalized spacial score (nSPS) is 11.3. The van der Waals surface area contributed by atoms with E-state index in [1.807, 2.05) is 0 Å². The van der Waals surface area contributed by atoms with Crippen LogP contribution in [-0.2, 0) is 20.4 Å². The number of hydrogen-bond donors (Lipinski definition) is 2. The zero-order valence-electron chi connectivity index (χ0n) is 21.3. The molecule has 210 valence electrons. The highest BCUT2D eigenvalue weighted by Crippen LogP contribution is 2.29. The molecule has 0 bridgehead atoms. The Bertz CT molecular complexity index is 1330. The SMILES string of the molecule is Nc1cc(N)cc(C(=O)OCCCCCOC(=O)C=Cc2ccc(OC(=O)c3ccc(C(F)(F)F)cc3)cc2)c1. The number of nitrogen functional groups attached to an aromatic ring is 2. The van der Waals surface area contributed by atoms with Gasteiger partial charge in [0, 0.05) is 17.5 Å². The van der Waals surface area contributed by atoms with E-state index in [2.05, 4.69) is 0 Å². The molecule has 0 aromatic heterocycles. The fraction of sp³-hybridized carbons (Fsp3) is 0.207. The minimum atomic E-state index is -4.49. The first kappa shape index (κ1) is 29.8. The number of carbonyl (C=O) groups excluding carboxylic acids is 3. The molecule has 0 atom stereocenters. The van der Waals surface area contributed by atoms with E-state index in [0.717, 1.165) is 24.3 Å². The van der Waals surface area contributed by atoms with Gasteiger partial charge in [-0.3, -0.25) is 0 Å². The van der Waals surface area contributed by atoms with Crippen LogP contribution in [0.4, 0.5) is 24.5 Å². The molecule has 0 aliphatic heterocycles. The van der Waals surface area contributed by atoms with E-state index in [1.165, 1.54) is 36.4 Å². The quantitative estimate of drug-likeness (QED) is 0.102. The molecule has 0 unspecified atom stereocenters. The second kappa shape index (κ2) is 13.8. The summed E-state index contributed by atoms with van der Waals surface area (Å²) in [6.45, 7) is 0.402. The summed E-state index contributed by atoms with van der Waals surface area (Å²) < 4.78 is 53.5. The third kappa shape index (κ3) is 9.50. The topological polar surface area (TPSA) is 131 Å². The van der Waals surface area contributed by atoms with Gasteiger partial charge in [-0.05, 0) is 85.5 Å². The number of esters is 3. The number of hydrogen-bond acceptors (Lipinski definition) is 8. The smallest absolute Gasteiger partial charge is 0.416 e. The summed E-state index contributed by atoms with van der Waals surface area (Å²) in [5.41, 5.74) is 12.1. The first-order valence-electron chi connectivity index (χ1n) is 12.2. The van der Waals surface area contributed by atoms with Crippen molar-refractivity contribution < 1.29 is 41.8 Å². The van der Waals surface area contributed by atoms with Crippen LogP contribution in [-0.4, -0.2) is 31.1 Å². The van der Waals surface area contributed by atoms with E-state index in [4.69, 9.17) is 25.7 Å². The largest absolute Gasteiger partial charge is 0.463 e. The Kier molecular flexibility index (Phi) is 10.3. The molecule has 3 aromatic carbocycles. The van der Waals surface area contributed by atoms with Crippen LogP contribution in [0.5, 0.6) is 5.75 Å². The highest BCUT2D eigenvalue weighted by molar-refractivity contribution is 5.92. The summed E-state index contributed by atoms with van der Waals surface area (Å²) in [5.74, 6) is -1.66. The van der Waals surface area contributed by atoms with Gasteiger partial charge in [0.1, 0.15) is 5.75 Å². The molecule has 8 nitrogen and oxygen atoms in total. The van der Waals surface area contributed by atoms with Crippen molar-refractivity contribution in [3.8, 4) is 5.75 Å². The van der Waals surface area contributed by atoms with Crippen LogP contribution in [0.1, 0.15) is 51.1 Å². The van der Waals surface area contributed by atoms with Gasteiger partial charge in [-0.1, -0.05) is 12.1 Å². The van der Waals surface area contributed by atoms with Gasteiger partial charge in [0.25, 0.3) is 0 Å². The lowest BCUT2D eigenvalue weighted by molar-refractivity contribution is -0.138. The van der Waals surface area contributed by atoms with Crippen LogP contribution >= 0.6 is 0 Å². The molecule has 0 aliphatic rings. The van der Waals surface area contributed by atoms with Gasteiger partial charge in [-0.2, -0.15) is 13.2 Å². The highest BCUT2D eigenvalue weighted by atomic mass is 19.4. The van der Waals surface area contributed by atoms with Crippen LogP contribution in [0.2, 0.25) is 0 Å². The molecule has 3 rings (SSSR count).